The minimum atomic E-state index is -3.89. The first-order chi connectivity index (χ1) is 13.5. The van der Waals surface area contributed by atoms with Gasteiger partial charge in [0.1, 0.15) is 29.3 Å². The first kappa shape index (κ1) is 19.0. The number of aromatic nitrogens is 2. The van der Waals surface area contributed by atoms with E-state index in [0.717, 1.165) is 18.1 Å². The number of quaternary nitrogens is 1. The van der Waals surface area contributed by atoms with E-state index in [1.165, 1.54) is 18.2 Å². The molecule has 1 aromatic carbocycles. The maximum Gasteiger partial charge on any atom is 0.332 e. The molecule has 2 N–H and O–H groups in total. The van der Waals surface area contributed by atoms with Crippen LogP contribution >= 0.6 is 0 Å². The fourth-order valence-corrected chi connectivity index (χ4v) is 6.17. The number of sulfonamides is 1. The summed E-state index contributed by atoms with van der Waals surface area (Å²) in [5, 5.41) is 3.42. The van der Waals surface area contributed by atoms with Crippen LogP contribution in [0.25, 0.3) is 11.0 Å². The smallest absolute Gasteiger partial charge is 0.332 e. The van der Waals surface area contributed by atoms with Crippen molar-refractivity contribution in [2.24, 2.45) is 0 Å². The van der Waals surface area contributed by atoms with Gasteiger partial charge in [0.2, 0.25) is 0 Å². The van der Waals surface area contributed by atoms with Crippen LogP contribution in [0, 0.1) is 5.82 Å². The normalized spacial score (nSPS) is 23.1. The molecule has 0 spiro atoms. The number of piperidine rings is 1. The number of nitrogens with zero attached hydrogens (tertiary/aromatic N) is 2. The number of rotatable bonds is 5. The Labute approximate surface area is 164 Å². The highest BCUT2D eigenvalue weighted by atomic mass is 32.2. The summed E-state index contributed by atoms with van der Waals surface area (Å²) in [5.41, 5.74) is 2.05. The van der Waals surface area contributed by atoms with E-state index in [1.54, 1.807) is 12.4 Å². The lowest BCUT2D eigenvalue weighted by Gasteiger charge is -2.41. The minimum absolute atomic E-state index is 0.000295. The molecule has 1 saturated heterocycles. The average molecular weight is 404 g/mol. The number of hydrogen-bond donors (Lipinski definition) is 2. The highest BCUT2D eigenvalue weighted by Crippen LogP contribution is 2.39. The van der Waals surface area contributed by atoms with Crippen LogP contribution in [0.15, 0.2) is 53.7 Å². The van der Waals surface area contributed by atoms with Crippen molar-refractivity contribution < 1.29 is 12.8 Å². The fraction of sp³-hybridized carbons (Fsp3) is 0.350. The molecule has 0 atom stereocenters. The minimum Gasteiger partial charge on any atom is -0.355 e. The van der Waals surface area contributed by atoms with Gasteiger partial charge >= 0.3 is 10.0 Å². The van der Waals surface area contributed by atoms with Crippen molar-refractivity contribution in [1.82, 2.24) is 19.2 Å². The number of H-pyrrole nitrogens is 1. The highest BCUT2D eigenvalue weighted by molar-refractivity contribution is 7.91. The molecule has 0 radical (unpaired) electrons. The zero-order valence-corrected chi connectivity index (χ0v) is 16.5. The lowest BCUT2D eigenvalue weighted by Crippen LogP contribution is -2.60. The quantitative estimate of drug-likeness (QED) is 0.642. The molecule has 28 heavy (non-hydrogen) atoms. The summed E-state index contributed by atoms with van der Waals surface area (Å²) < 4.78 is 41.2. The number of halogens is 1. The van der Waals surface area contributed by atoms with Gasteiger partial charge in [0.25, 0.3) is 0 Å². The molecule has 0 amide bonds. The number of aromatic amines is 1. The summed E-state index contributed by atoms with van der Waals surface area (Å²) in [7, 11) is -3.89. The van der Waals surface area contributed by atoms with Gasteiger partial charge in [0.15, 0.2) is 5.69 Å². The van der Waals surface area contributed by atoms with Crippen LogP contribution in [0.3, 0.4) is 0 Å². The van der Waals surface area contributed by atoms with Crippen molar-refractivity contribution in [3.05, 3.63) is 54.6 Å². The van der Waals surface area contributed by atoms with Gasteiger partial charge in [-0.2, -0.15) is 12.3 Å². The van der Waals surface area contributed by atoms with E-state index < -0.39 is 15.8 Å². The van der Waals surface area contributed by atoms with Gasteiger partial charge in [-0.15, -0.1) is 0 Å². The van der Waals surface area contributed by atoms with Crippen LogP contribution in [0.1, 0.15) is 19.8 Å². The van der Waals surface area contributed by atoms with Crippen molar-refractivity contribution >= 4 is 26.7 Å². The number of benzene rings is 1. The number of hydrogen-bond acceptors (Lipinski definition) is 4. The van der Waals surface area contributed by atoms with Crippen molar-refractivity contribution in [2.75, 3.05) is 19.6 Å². The predicted molar refractivity (Wildman–Crippen MR) is 108 cm³/mol. The van der Waals surface area contributed by atoms with Gasteiger partial charge in [-0.1, -0.05) is 13.0 Å². The van der Waals surface area contributed by atoms with E-state index in [0.29, 0.717) is 37.1 Å². The van der Waals surface area contributed by atoms with E-state index in [9.17, 15) is 12.8 Å². The van der Waals surface area contributed by atoms with Crippen LogP contribution in [0.5, 0.6) is 0 Å². The zero-order chi connectivity index (χ0) is 19.8. The third-order valence-electron chi connectivity index (χ3n) is 5.58. The van der Waals surface area contributed by atoms with Gasteiger partial charge in [0.05, 0.1) is 11.7 Å². The Morgan fingerprint density at radius 3 is 2.75 bits per heavy atom. The Morgan fingerprint density at radius 1 is 1.25 bits per heavy atom. The second kappa shape index (κ2) is 7.27. The summed E-state index contributed by atoms with van der Waals surface area (Å²) in [6.07, 6.45) is 4.82. The van der Waals surface area contributed by atoms with Crippen LogP contribution in [-0.2, 0) is 10.0 Å². The van der Waals surface area contributed by atoms with E-state index in [-0.39, 0.29) is 14.8 Å². The van der Waals surface area contributed by atoms with Crippen molar-refractivity contribution in [3.63, 3.8) is 0 Å². The Bertz CT molecular complexity index is 1090. The van der Waals surface area contributed by atoms with Crippen LogP contribution in [0.2, 0.25) is 0 Å². The number of fused-ring (bicyclic) bond motifs is 1. The molecule has 0 aliphatic carbocycles. The van der Waals surface area contributed by atoms with Crippen molar-refractivity contribution in [3.8, 4) is 0 Å². The molecule has 0 bridgehead atoms. The van der Waals surface area contributed by atoms with Crippen molar-refractivity contribution in [2.45, 2.75) is 30.7 Å². The summed E-state index contributed by atoms with van der Waals surface area (Å²) in [6.45, 7) is 3.69. The molecule has 3 aromatic rings. The number of nitrogens with one attached hydrogen (secondary N) is 2. The molecule has 148 valence electrons. The molecule has 4 rings (SSSR count). The predicted octanol–water partition coefficient (Wildman–Crippen LogP) is 3.17. The molecule has 6 nitrogen and oxygen atoms in total. The molecule has 1 aliphatic rings. The monoisotopic (exact) mass is 403 g/mol. The SMILES string of the molecule is CCNC1CC[N+](c2c[nH]c3cccnc23)(S(=O)(=O)c2cccc(F)c2)CC1. The van der Waals surface area contributed by atoms with Crippen LogP contribution < -0.4 is 9.21 Å². The Balaban J connectivity index is 1.88. The number of pyridine rings is 1. The first-order valence-corrected chi connectivity index (χ1v) is 11.0. The Hall–Kier alpha value is -2.29. The van der Waals surface area contributed by atoms with Gasteiger partial charge in [-0.05, 0) is 36.9 Å². The molecule has 8 heteroatoms. The maximum atomic E-state index is 13.8. The molecule has 1 fully saturated rings. The Morgan fingerprint density at radius 2 is 2.04 bits per heavy atom. The molecule has 3 heterocycles. The fourth-order valence-electron chi connectivity index (χ4n) is 4.17. The lowest BCUT2D eigenvalue weighted by molar-refractivity contribution is 0.291. The van der Waals surface area contributed by atoms with E-state index in [1.807, 2.05) is 19.1 Å². The second-order valence-electron chi connectivity index (χ2n) is 7.17. The summed E-state index contributed by atoms with van der Waals surface area (Å²) in [5.74, 6) is -0.557. The molecule has 0 saturated carbocycles. The second-order valence-corrected chi connectivity index (χ2v) is 9.29. The van der Waals surface area contributed by atoms with Crippen LogP contribution in [-0.4, -0.2) is 44.1 Å². The van der Waals surface area contributed by atoms with Crippen LogP contribution in [0.4, 0.5) is 10.1 Å². The van der Waals surface area contributed by atoms with Gasteiger partial charge in [-0.25, -0.2) is 9.37 Å². The third-order valence-corrected chi connectivity index (χ3v) is 7.91. The highest BCUT2D eigenvalue weighted by Gasteiger charge is 2.49. The van der Waals surface area contributed by atoms with Crippen molar-refractivity contribution in [1.29, 1.82) is 0 Å². The summed E-state index contributed by atoms with van der Waals surface area (Å²) in [6, 6.07) is 9.24. The molecular formula is C20H24FN4O2S+. The molecule has 2 aromatic heterocycles. The van der Waals surface area contributed by atoms with E-state index in [2.05, 4.69) is 15.3 Å². The third kappa shape index (κ3) is 3.01. The summed E-state index contributed by atoms with van der Waals surface area (Å²) >= 11 is 0. The zero-order valence-electron chi connectivity index (χ0n) is 15.7. The first-order valence-electron chi connectivity index (χ1n) is 9.52. The van der Waals surface area contributed by atoms with Gasteiger partial charge in [-0.3, -0.25) is 0 Å². The summed E-state index contributed by atoms with van der Waals surface area (Å²) in [4.78, 5) is 7.59. The standard InChI is InChI=1S/C20H24FN4O2S/c1-2-22-16-8-11-25(12-9-16,19-14-24-18-7-4-10-23-20(18)19)28(26,27)17-6-3-5-15(21)13-17/h3-7,10,13-14,16,22,24H,2,8-9,11-12H2,1H3/q+1. The van der Waals surface area contributed by atoms with E-state index >= 15 is 0 Å². The largest absolute Gasteiger partial charge is 0.355 e. The molecule has 0 unspecified atom stereocenters. The van der Waals surface area contributed by atoms with Gasteiger partial charge in [0, 0.05) is 25.1 Å². The topological polar surface area (TPSA) is 74.8 Å². The molecular weight excluding hydrogens is 379 g/mol. The maximum absolute atomic E-state index is 13.8. The van der Waals surface area contributed by atoms with Gasteiger partial charge < -0.3 is 10.3 Å². The Kier molecular flexibility index (Phi) is 4.95. The molecule has 1 aliphatic heterocycles. The van der Waals surface area contributed by atoms with E-state index in [4.69, 9.17) is 0 Å². The lowest BCUT2D eigenvalue weighted by atomic mass is 10.0. The average Bonchev–Trinajstić information content (AvgIpc) is 3.13.